The number of rotatable bonds is 3. The van der Waals surface area contributed by atoms with Gasteiger partial charge in [0.2, 0.25) is 5.91 Å². The van der Waals surface area contributed by atoms with Crippen molar-refractivity contribution in [3.8, 4) is 0 Å². The van der Waals surface area contributed by atoms with Gasteiger partial charge < -0.3 is 20.5 Å². The van der Waals surface area contributed by atoms with Crippen LogP contribution in [-0.4, -0.2) is 53.7 Å². The number of hydrogen-bond donors (Lipinski definition) is 2. The minimum absolute atomic E-state index is 0.0429. The molecular formula is C12H20N2O4. The van der Waals surface area contributed by atoms with E-state index in [1.807, 2.05) is 0 Å². The fourth-order valence-corrected chi connectivity index (χ4v) is 2.70. The smallest absolute Gasteiger partial charge is 0.303 e. The monoisotopic (exact) mass is 256 g/mol. The van der Waals surface area contributed by atoms with Crippen LogP contribution in [0.5, 0.6) is 0 Å². The van der Waals surface area contributed by atoms with Crippen LogP contribution in [0.15, 0.2) is 0 Å². The molecule has 102 valence electrons. The molecule has 0 aromatic heterocycles. The second kappa shape index (κ2) is 5.24. The SMILES string of the molecule is NC1(C(=O)N2CCC(CC(=O)O)C2)CCOCC1. The lowest BCUT2D eigenvalue weighted by molar-refractivity contribution is -0.141. The van der Waals surface area contributed by atoms with Crippen LogP contribution in [0.1, 0.15) is 25.7 Å². The summed E-state index contributed by atoms with van der Waals surface area (Å²) in [7, 11) is 0. The molecule has 0 bridgehead atoms. The van der Waals surface area contributed by atoms with Crippen molar-refractivity contribution in [3.63, 3.8) is 0 Å². The standard InChI is InChI=1S/C12H20N2O4/c13-12(2-5-18-6-3-12)11(17)14-4-1-9(8-14)7-10(15)16/h9H,1-8,13H2,(H,15,16). The van der Waals surface area contributed by atoms with Gasteiger partial charge >= 0.3 is 5.97 Å². The zero-order valence-electron chi connectivity index (χ0n) is 10.4. The second-order valence-corrected chi connectivity index (χ2v) is 5.27. The average molecular weight is 256 g/mol. The number of aliphatic carboxylic acids is 1. The largest absolute Gasteiger partial charge is 0.481 e. The van der Waals surface area contributed by atoms with Crippen LogP contribution in [0.3, 0.4) is 0 Å². The number of carboxylic acid groups (broad SMARTS) is 1. The molecule has 0 aromatic carbocycles. The number of carbonyl (C=O) groups excluding carboxylic acids is 1. The molecule has 0 saturated carbocycles. The first-order valence-electron chi connectivity index (χ1n) is 6.39. The number of nitrogens with zero attached hydrogens (tertiary/aromatic N) is 1. The van der Waals surface area contributed by atoms with Gasteiger partial charge in [0.15, 0.2) is 0 Å². The number of ether oxygens (including phenoxy) is 1. The molecule has 0 radical (unpaired) electrons. The summed E-state index contributed by atoms with van der Waals surface area (Å²) in [5.74, 6) is -0.781. The summed E-state index contributed by atoms with van der Waals surface area (Å²) in [6, 6.07) is 0. The molecule has 1 unspecified atom stereocenters. The molecule has 2 saturated heterocycles. The summed E-state index contributed by atoms with van der Waals surface area (Å²) in [5.41, 5.74) is 5.33. The Morgan fingerprint density at radius 1 is 1.39 bits per heavy atom. The normalized spacial score (nSPS) is 27.2. The van der Waals surface area contributed by atoms with Gasteiger partial charge in [-0.25, -0.2) is 0 Å². The lowest BCUT2D eigenvalue weighted by atomic mass is 9.90. The van der Waals surface area contributed by atoms with Crippen LogP contribution in [0.2, 0.25) is 0 Å². The van der Waals surface area contributed by atoms with Gasteiger partial charge in [0.1, 0.15) is 0 Å². The van der Waals surface area contributed by atoms with Crippen LogP contribution in [-0.2, 0) is 14.3 Å². The van der Waals surface area contributed by atoms with E-state index in [1.54, 1.807) is 4.90 Å². The van der Waals surface area contributed by atoms with E-state index < -0.39 is 11.5 Å². The lowest BCUT2D eigenvalue weighted by Crippen LogP contribution is -2.57. The fourth-order valence-electron chi connectivity index (χ4n) is 2.70. The number of likely N-dealkylation sites (tertiary alicyclic amines) is 1. The van der Waals surface area contributed by atoms with Crippen LogP contribution < -0.4 is 5.73 Å². The van der Waals surface area contributed by atoms with Gasteiger partial charge in [-0.3, -0.25) is 9.59 Å². The molecule has 2 rings (SSSR count). The third-order valence-electron chi connectivity index (χ3n) is 3.85. The van der Waals surface area contributed by atoms with Gasteiger partial charge in [-0.2, -0.15) is 0 Å². The number of carbonyl (C=O) groups is 2. The first-order valence-corrected chi connectivity index (χ1v) is 6.39. The van der Waals surface area contributed by atoms with Gasteiger partial charge in [0, 0.05) is 32.7 Å². The predicted octanol–water partition coefficient (Wildman–Crippen LogP) is -0.182. The molecule has 2 aliphatic rings. The summed E-state index contributed by atoms with van der Waals surface area (Å²) in [6.45, 7) is 2.19. The Kier molecular flexibility index (Phi) is 3.87. The zero-order valence-corrected chi connectivity index (χ0v) is 10.4. The molecule has 2 heterocycles. The predicted molar refractivity (Wildman–Crippen MR) is 63.9 cm³/mol. The Bertz CT molecular complexity index is 339. The third kappa shape index (κ3) is 2.81. The fraction of sp³-hybridized carbons (Fsp3) is 0.833. The van der Waals surface area contributed by atoms with E-state index >= 15 is 0 Å². The number of carboxylic acids is 1. The maximum Gasteiger partial charge on any atom is 0.303 e. The van der Waals surface area contributed by atoms with Crippen molar-refractivity contribution in [2.45, 2.75) is 31.2 Å². The summed E-state index contributed by atoms with van der Waals surface area (Å²) >= 11 is 0. The van der Waals surface area contributed by atoms with Crippen molar-refractivity contribution in [1.29, 1.82) is 0 Å². The molecule has 0 aliphatic carbocycles. The van der Waals surface area contributed by atoms with Crippen molar-refractivity contribution in [2.24, 2.45) is 11.7 Å². The van der Waals surface area contributed by atoms with Gasteiger partial charge in [0.05, 0.1) is 5.54 Å². The minimum Gasteiger partial charge on any atom is -0.481 e. The van der Waals surface area contributed by atoms with Gasteiger partial charge in [-0.15, -0.1) is 0 Å². The maximum absolute atomic E-state index is 12.4. The Labute approximate surface area is 106 Å². The molecule has 2 aliphatic heterocycles. The quantitative estimate of drug-likeness (QED) is 0.730. The highest BCUT2D eigenvalue weighted by Crippen LogP contribution is 2.26. The Morgan fingerprint density at radius 2 is 2.06 bits per heavy atom. The van der Waals surface area contributed by atoms with E-state index in [0.717, 1.165) is 6.42 Å². The van der Waals surface area contributed by atoms with E-state index in [2.05, 4.69) is 0 Å². The van der Waals surface area contributed by atoms with E-state index in [4.69, 9.17) is 15.6 Å². The first-order chi connectivity index (χ1) is 8.51. The van der Waals surface area contributed by atoms with E-state index in [1.165, 1.54) is 0 Å². The minimum atomic E-state index is -0.809. The highest BCUT2D eigenvalue weighted by atomic mass is 16.5. The highest BCUT2D eigenvalue weighted by Gasteiger charge is 2.41. The average Bonchev–Trinajstić information content (AvgIpc) is 2.76. The molecule has 1 atom stereocenters. The van der Waals surface area contributed by atoms with Gasteiger partial charge in [-0.1, -0.05) is 0 Å². The molecule has 3 N–H and O–H groups in total. The van der Waals surface area contributed by atoms with Crippen LogP contribution >= 0.6 is 0 Å². The summed E-state index contributed by atoms with van der Waals surface area (Å²) in [4.78, 5) is 24.7. The molecule has 0 aromatic rings. The van der Waals surface area contributed by atoms with Gasteiger partial charge in [0.25, 0.3) is 0 Å². The maximum atomic E-state index is 12.4. The molecule has 18 heavy (non-hydrogen) atoms. The lowest BCUT2D eigenvalue weighted by Gasteiger charge is -2.35. The molecular weight excluding hydrogens is 236 g/mol. The Hall–Kier alpha value is -1.14. The van der Waals surface area contributed by atoms with Crippen LogP contribution in [0, 0.1) is 5.92 Å². The van der Waals surface area contributed by atoms with Crippen LogP contribution in [0.25, 0.3) is 0 Å². The van der Waals surface area contributed by atoms with Gasteiger partial charge in [-0.05, 0) is 25.2 Å². The highest BCUT2D eigenvalue weighted by molar-refractivity contribution is 5.86. The topological polar surface area (TPSA) is 92.9 Å². The van der Waals surface area contributed by atoms with Crippen molar-refractivity contribution >= 4 is 11.9 Å². The zero-order chi connectivity index (χ0) is 13.2. The number of hydrogen-bond acceptors (Lipinski definition) is 4. The summed E-state index contributed by atoms with van der Waals surface area (Å²) < 4.78 is 5.22. The Morgan fingerprint density at radius 3 is 2.67 bits per heavy atom. The Balaban J connectivity index is 1.92. The van der Waals surface area contributed by atoms with Crippen molar-refractivity contribution < 1.29 is 19.4 Å². The molecule has 6 heteroatoms. The summed E-state index contributed by atoms with van der Waals surface area (Å²) in [6.07, 6.45) is 1.98. The van der Waals surface area contributed by atoms with Crippen LogP contribution in [0.4, 0.5) is 0 Å². The van der Waals surface area contributed by atoms with Crippen molar-refractivity contribution in [3.05, 3.63) is 0 Å². The third-order valence-corrected chi connectivity index (χ3v) is 3.85. The number of amides is 1. The van der Waals surface area contributed by atoms with Crippen molar-refractivity contribution in [1.82, 2.24) is 4.90 Å². The van der Waals surface area contributed by atoms with E-state index in [0.29, 0.717) is 39.1 Å². The molecule has 2 fully saturated rings. The second-order valence-electron chi connectivity index (χ2n) is 5.27. The number of nitrogens with two attached hydrogens (primary N) is 1. The van der Waals surface area contributed by atoms with E-state index in [9.17, 15) is 9.59 Å². The van der Waals surface area contributed by atoms with Crippen molar-refractivity contribution in [2.75, 3.05) is 26.3 Å². The molecule has 1 amide bonds. The van der Waals surface area contributed by atoms with E-state index in [-0.39, 0.29) is 18.2 Å². The summed E-state index contributed by atoms with van der Waals surface area (Å²) in [5, 5.41) is 8.75. The molecule has 6 nitrogen and oxygen atoms in total. The first kappa shape index (κ1) is 13.3. The molecule has 0 spiro atoms.